The van der Waals surface area contributed by atoms with Crippen molar-refractivity contribution in [3.63, 3.8) is 0 Å². The highest BCUT2D eigenvalue weighted by Crippen LogP contribution is 2.29. The van der Waals surface area contributed by atoms with Crippen LogP contribution in [0.5, 0.6) is 0 Å². The molecule has 0 saturated heterocycles. The summed E-state index contributed by atoms with van der Waals surface area (Å²) in [5.41, 5.74) is 6.44. The van der Waals surface area contributed by atoms with Gasteiger partial charge in [0.1, 0.15) is 0 Å². The van der Waals surface area contributed by atoms with Gasteiger partial charge in [0.2, 0.25) is 0 Å². The molecule has 3 heterocycles. The molecule has 1 aromatic carbocycles. The van der Waals surface area contributed by atoms with E-state index in [0.29, 0.717) is 0 Å². The maximum absolute atomic E-state index is 4.37. The van der Waals surface area contributed by atoms with Crippen molar-refractivity contribution in [3.05, 3.63) is 65.1 Å². The second kappa shape index (κ2) is 5.43. The molecule has 0 radical (unpaired) electrons. The van der Waals surface area contributed by atoms with Gasteiger partial charge < -0.3 is 9.88 Å². The number of fused-ring (bicyclic) bond motifs is 3. The molecule has 3 aromatic rings. The van der Waals surface area contributed by atoms with Gasteiger partial charge in [-0.15, -0.1) is 0 Å². The molecule has 0 amide bonds. The molecule has 1 N–H and O–H groups in total. The molecule has 3 nitrogen and oxygen atoms in total. The SMILES string of the molecule is Cc1ccc2c(c1)c1c(n2C=Cc2ccccn2)CCNC1. The molecule has 2 aromatic heterocycles. The first-order chi connectivity index (χ1) is 10.8. The molecule has 0 bridgehead atoms. The van der Waals surface area contributed by atoms with Crippen molar-refractivity contribution in [2.24, 2.45) is 0 Å². The molecular formula is C19H19N3. The van der Waals surface area contributed by atoms with Crippen LogP contribution in [-0.4, -0.2) is 16.1 Å². The van der Waals surface area contributed by atoms with Crippen LogP contribution in [0.4, 0.5) is 0 Å². The molecule has 0 atom stereocenters. The lowest BCUT2D eigenvalue weighted by atomic mass is 10.0. The average Bonchev–Trinajstić information content (AvgIpc) is 2.87. The fourth-order valence-corrected chi connectivity index (χ4v) is 3.23. The van der Waals surface area contributed by atoms with Gasteiger partial charge in [0.05, 0.1) is 11.2 Å². The average molecular weight is 289 g/mol. The van der Waals surface area contributed by atoms with E-state index in [1.165, 1.54) is 27.7 Å². The summed E-state index contributed by atoms with van der Waals surface area (Å²) in [6.07, 6.45) is 7.14. The first kappa shape index (κ1) is 13.3. The number of rotatable bonds is 2. The molecule has 110 valence electrons. The number of nitrogens with one attached hydrogen (secondary N) is 1. The standard InChI is InChI=1S/C19H19N3/c1-14-5-6-18-16(12-14)17-13-20-10-7-19(17)22(18)11-8-15-4-2-3-9-21-15/h2-6,8-9,11-12,20H,7,10,13H2,1H3. The first-order valence-electron chi connectivity index (χ1n) is 7.75. The van der Waals surface area contributed by atoms with E-state index in [9.17, 15) is 0 Å². The molecule has 22 heavy (non-hydrogen) atoms. The van der Waals surface area contributed by atoms with Crippen LogP contribution in [0.25, 0.3) is 23.2 Å². The molecule has 0 aliphatic carbocycles. The third kappa shape index (κ3) is 2.24. The van der Waals surface area contributed by atoms with Crippen molar-refractivity contribution in [2.75, 3.05) is 6.54 Å². The van der Waals surface area contributed by atoms with Crippen molar-refractivity contribution < 1.29 is 0 Å². The summed E-state index contributed by atoms with van der Waals surface area (Å²) >= 11 is 0. The number of hydrogen-bond acceptors (Lipinski definition) is 2. The molecule has 1 aliphatic rings. The van der Waals surface area contributed by atoms with Gasteiger partial charge in [0, 0.05) is 43.0 Å². The number of benzene rings is 1. The van der Waals surface area contributed by atoms with Gasteiger partial charge in [0.15, 0.2) is 0 Å². The smallest absolute Gasteiger partial charge is 0.0644 e. The molecule has 0 spiro atoms. The highest BCUT2D eigenvalue weighted by molar-refractivity contribution is 5.89. The Balaban J connectivity index is 1.88. The summed E-state index contributed by atoms with van der Waals surface area (Å²) in [6.45, 7) is 4.16. The van der Waals surface area contributed by atoms with Crippen LogP contribution in [0.15, 0.2) is 42.6 Å². The highest BCUT2D eigenvalue weighted by Gasteiger charge is 2.18. The highest BCUT2D eigenvalue weighted by atomic mass is 15.0. The lowest BCUT2D eigenvalue weighted by molar-refractivity contribution is 0.634. The molecule has 3 heteroatoms. The monoisotopic (exact) mass is 289 g/mol. The van der Waals surface area contributed by atoms with Crippen LogP contribution in [0.1, 0.15) is 22.5 Å². The van der Waals surface area contributed by atoms with Gasteiger partial charge >= 0.3 is 0 Å². The quantitative estimate of drug-likeness (QED) is 0.781. The van der Waals surface area contributed by atoms with Gasteiger partial charge in [-0.3, -0.25) is 4.98 Å². The predicted octanol–water partition coefficient (Wildman–Crippen LogP) is 3.62. The number of aromatic nitrogens is 2. The third-order valence-electron chi connectivity index (χ3n) is 4.30. The summed E-state index contributed by atoms with van der Waals surface area (Å²) < 4.78 is 2.33. The zero-order chi connectivity index (χ0) is 14.9. The van der Waals surface area contributed by atoms with Crippen LogP contribution < -0.4 is 5.32 Å². The van der Waals surface area contributed by atoms with E-state index in [-0.39, 0.29) is 0 Å². The van der Waals surface area contributed by atoms with Crippen LogP contribution >= 0.6 is 0 Å². The maximum atomic E-state index is 4.37. The van der Waals surface area contributed by atoms with E-state index < -0.39 is 0 Å². The minimum absolute atomic E-state index is 0.958. The lowest BCUT2D eigenvalue weighted by Gasteiger charge is -2.15. The van der Waals surface area contributed by atoms with Gasteiger partial charge in [-0.05, 0) is 42.8 Å². The number of nitrogens with zero attached hydrogens (tertiary/aromatic N) is 2. The van der Waals surface area contributed by atoms with Crippen LogP contribution in [0.2, 0.25) is 0 Å². The maximum Gasteiger partial charge on any atom is 0.0644 e. The van der Waals surface area contributed by atoms with E-state index in [1.807, 2.05) is 24.4 Å². The van der Waals surface area contributed by atoms with E-state index in [2.05, 4.69) is 52.3 Å². The van der Waals surface area contributed by atoms with Crippen LogP contribution in [0, 0.1) is 6.92 Å². The summed E-state index contributed by atoms with van der Waals surface area (Å²) in [5, 5.41) is 4.86. The minimum Gasteiger partial charge on any atom is -0.320 e. The molecule has 0 unspecified atom stereocenters. The van der Waals surface area contributed by atoms with Crippen molar-refractivity contribution in [1.29, 1.82) is 0 Å². The Bertz CT molecular complexity index is 844. The number of hydrogen-bond donors (Lipinski definition) is 1. The Labute approximate surface area is 130 Å². The molecule has 0 fully saturated rings. The second-order valence-electron chi connectivity index (χ2n) is 5.81. The first-order valence-corrected chi connectivity index (χ1v) is 7.75. The van der Waals surface area contributed by atoms with Gasteiger partial charge in [0.25, 0.3) is 0 Å². The Morgan fingerprint density at radius 3 is 3.05 bits per heavy atom. The third-order valence-corrected chi connectivity index (χ3v) is 4.30. The topological polar surface area (TPSA) is 29.9 Å². The summed E-state index contributed by atoms with van der Waals surface area (Å²) in [5.74, 6) is 0. The Kier molecular flexibility index (Phi) is 3.28. The van der Waals surface area contributed by atoms with Gasteiger partial charge in [-0.2, -0.15) is 0 Å². The Hall–Kier alpha value is -2.39. The van der Waals surface area contributed by atoms with Crippen LogP contribution in [0.3, 0.4) is 0 Å². The Morgan fingerprint density at radius 1 is 1.23 bits per heavy atom. The molecular weight excluding hydrogens is 270 g/mol. The Morgan fingerprint density at radius 2 is 2.18 bits per heavy atom. The fraction of sp³-hybridized carbons (Fsp3) is 0.211. The summed E-state index contributed by atoms with van der Waals surface area (Å²) in [6, 6.07) is 12.7. The largest absolute Gasteiger partial charge is 0.320 e. The summed E-state index contributed by atoms with van der Waals surface area (Å²) in [7, 11) is 0. The number of aryl methyl sites for hydroxylation is 1. The molecule has 1 aliphatic heterocycles. The summed E-state index contributed by atoms with van der Waals surface area (Å²) in [4.78, 5) is 4.37. The van der Waals surface area contributed by atoms with E-state index in [4.69, 9.17) is 0 Å². The van der Waals surface area contributed by atoms with E-state index in [0.717, 1.165) is 25.2 Å². The molecule has 4 rings (SSSR count). The van der Waals surface area contributed by atoms with Crippen molar-refractivity contribution in [3.8, 4) is 0 Å². The minimum atomic E-state index is 0.958. The zero-order valence-electron chi connectivity index (χ0n) is 12.7. The zero-order valence-corrected chi connectivity index (χ0v) is 12.7. The van der Waals surface area contributed by atoms with Gasteiger partial charge in [-0.1, -0.05) is 17.7 Å². The normalized spacial score (nSPS) is 14.6. The van der Waals surface area contributed by atoms with Gasteiger partial charge in [-0.25, -0.2) is 0 Å². The van der Waals surface area contributed by atoms with Crippen molar-refractivity contribution >= 4 is 23.2 Å². The van der Waals surface area contributed by atoms with E-state index >= 15 is 0 Å². The van der Waals surface area contributed by atoms with Crippen molar-refractivity contribution in [2.45, 2.75) is 19.9 Å². The number of pyridine rings is 1. The second-order valence-corrected chi connectivity index (χ2v) is 5.81. The predicted molar refractivity (Wildman–Crippen MR) is 91.5 cm³/mol. The lowest BCUT2D eigenvalue weighted by Crippen LogP contribution is -2.24. The fourth-order valence-electron chi connectivity index (χ4n) is 3.23. The van der Waals surface area contributed by atoms with Crippen molar-refractivity contribution in [1.82, 2.24) is 14.9 Å². The molecule has 0 saturated carbocycles. The van der Waals surface area contributed by atoms with Crippen LogP contribution in [-0.2, 0) is 13.0 Å². The van der Waals surface area contributed by atoms with E-state index in [1.54, 1.807) is 0 Å².